The van der Waals surface area contributed by atoms with E-state index in [9.17, 15) is 63.6 Å². The molecule has 1 aromatic rings. The summed E-state index contributed by atoms with van der Waals surface area (Å²) in [7, 11) is -11.4. The van der Waals surface area contributed by atoms with Crippen LogP contribution in [0.1, 0.15) is 6.23 Å². The van der Waals surface area contributed by atoms with Gasteiger partial charge in [-0.05, 0) is 0 Å². The number of carbonyl (C=O) groups excluding carboxylic acids is 2. The van der Waals surface area contributed by atoms with Crippen molar-refractivity contribution in [3.8, 4) is 0 Å². The lowest BCUT2D eigenvalue weighted by molar-refractivity contribution is -0.261. The summed E-state index contributed by atoms with van der Waals surface area (Å²) in [6.07, 6.45) is -12.3. The van der Waals surface area contributed by atoms with Gasteiger partial charge in [0.15, 0.2) is 12.5 Å². The molecule has 4 heterocycles. The first kappa shape index (κ1) is 32.5. The molecule has 3 aliphatic heterocycles. The molecule has 2 unspecified atom stereocenters. The smallest absolute Gasteiger partial charge is 0.394 e. The molecular formula is C19H25N3O18P2. The third kappa shape index (κ3) is 6.69. The summed E-state index contributed by atoms with van der Waals surface area (Å²) in [6.45, 7) is -2.06. The number of aliphatic hydroxyl groups is 5. The second kappa shape index (κ2) is 12.3. The summed E-state index contributed by atoms with van der Waals surface area (Å²) in [5.41, 5.74) is -1.79. The number of rotatable bonds is 10. The van der Waals surface area contributed by atoms with Crippen molar-refractivity contribution < 1.29 is 76.9 Å². The molecule has 0 aliphatic carbocycles. The number of phosphoric ester groups is 2. The molecule has 4 rings (SSSR count). The molecule has 23 heteroatoms. The van der Waals surface area contributed by atoms with Crippen molar-refractivity contribution in [2.75, 3.05) is 13.2 Å². The molecule has 0 spiro atoms. The van der Waals surface area contributed by atoms with Gasteiger partial charge in [0, 0.05) is 24.4 Å². The van der Waals surface area contributed by atoms with Crippen molar-refractivity contribution >= 4 is 27.5 Å². The van der Waals surface area contributed by atoms with Crippen LogP contribution in [0.5, 0.6) is 0 Å². The van der Waals surface area contributed by atoms with E-state index in [2.05, 4.69) is 8.83 Å². The van der Waals surface area contributed by atoms with Gasteiger partial charge in [-0.2, -0.15) is 4.31 Å². The van der Waals surface area contributed by atoms with Gasteiger partial charge < -0.3 is 44.8 Å². The fourth-order valence-electron chi connectivity index (χ4n) is 4.33. The van der Waals surface area contributed by atoms with E-state index in [4.69, 9.17) is 14.0 Å². The average Bonchev–Trinajstić information content (AvgIpc) is 3.37. The van der Waals surface area contributed by atoms with Crippen molar-refractivity contribution in [1.29, 1.82) is 0 Å². The number of aromatic amines is 1. The lowest BCUT2D eigenvalue weighted by atomic mass is 9.96. The maximum atomic E-state index is 12.6. The summed E-state index contributed by atoms with van der Waals surface area (Å²) < 4.78 is 49.6. The van der Waals surface area contributed by atoms with Crippen molar-refractivity contribution in [1.82, 2.24) is 14.5 Å². The zero-order valence-corrected chi connectivity index (χ0v) is 22.6. The number of hydrogen-bond donors (Lipinski definition) is 8. The number of aromatic nitrogens is 2. The number of hydrogen-bond acceptors (Lipinski definition) is 16. The van der Waals surface area contributed by atoms with Crippen molar-refractivity contribution in [3.63, 3.8) is 0 Å². The predicted octanol–water partition coefficient (Wildman–Crippen LogP) is -4.86. The van der Waals surface area contributed by atoms with Gasteiger partial charge in [-0.25, -0.2) is 13.9 Å². The first-order valence-electron chi connectivity index (χ1n) is 11.8. The van der Waals surface area contributed by atoms with E-state index >= 15 is 0 Å². The number of carbonyl (C=O) groups is 2. The third-order valence-electron chi connectivity index (χ3n) is 6.30. The van der Waals surface area contributed by atoms with Gasteiger partial charge in [0.1, 0.15) is 42.7 Å². The Morgan fingerprint density at radius 2 is 1.50 bits per heavy atom. The highest BCUT2D eigenvalue weighted by molar-refractivity contribution is 7.61. The topological polar surface area (TPSA) is 314 Å². The molecule has 0 saturated carbocycles. The number of phosphoric acid groups is 2. The third-order valence-corrected chi connectivity index (χ3v) is 8.90. The number of amides is 2. The van der Waals surface area contributed by atoms with Crippen LogP contribution >= 0.6 is 15.6 Å². The molecule has 2 saturated heterocycles. The van der Waals surface area contributed by atoms with Gasteiger partial charge in [0.2, 0.25) is 0 Å². The van der Waals surface area contributed by atoms with Crippen LogP contribution in [-0.4, -0.2) is 124 Å². The van der Waals surface area contributed by atoms with Gasteiger partial charge >= 0.3 is 21.3 Å². The molecule has 0 aromatic carbocycles. The van der Waals surface area contributed by atoms with Crippen LogP contribution in [-0.2, 0) is 41.6 Å². The first-order valence-corrected chi connectivity index (χ1v) is 14.7. The minimum atomic E-state index is -5.78. The normalized spacial score (nSPS) is 36.3. The Hall–Kier alpha value is -2.46. The highest BCUT2D eigenvalue weighted by Crippen LogP contribution is 2.61. The molecule has 234 valence electrons. The van der Waals surface area contributed by atoms with E-state index < -0.39 is 107 Å². The van der Waals surface area contributed by atoms with Crippen LogP contribution in [0.3, 0.4) is 0 Å². The zero-order chi connectivity index (χ0) is 31.1. The second-order valence-corrected chi connectivity index (χ2v) is 12.1. The van der Waals surface area contributed by atoms with E-state index in [1.807, 2.05) is 4.98 Å². The van der Waals surface area contributed by atoms with Crippen molar-refractivity contribution in [2.45, 2.75) is 55.2 Å². The lowest BCUT2D eigenvalue weighted by Crippen LogP contribution is -2.65. The quantitative estimate of drug-likeness (QED) is 0.0873. The van der Waals surface area contributed by atoms with Gasteiger partial charge in [0.25, 0.3) is 17.4 Å². The predicted molar refractivity (Wildman–Crippen MR) is 128 cm³/mol. The monoisotopic (exact) mass is 645 g/mol. The van der Waals surface area contributed by atoms with Crippen LogP contribution in [0, 0.1) is 0 Å². The molecule has 21 nitrogen and oxygen atoms in total. The number of H-pyrrole nitrogens is 1. The number of ether oxygens (including phenoxy) is 2. The Bertz CT molecular complexity index is 1430. The standard InChI is InChI=1S/C19H25N3O18P2/c23-5-7-13(27)15(29)12(22-10(25)1-2-11(22)26)18(38-7)39-42(34,35)40-41(32,33)36-6-8-14(28)16(30)17(37-8)21-4-3-9(24)20-19(21)31/h1-4,7-8,12-18,23,27-30H,5-6H2,(H,32,33)(H,34,35)(H,20,24,31)/t7-,8-,12-,13+,14-,15-,16-,17-,18-/m1/s1. The number of nitrogens with zero attached hydrogens (tertiary/aromatic N) is 2. The van der Waals surface area contributed by atoms with Crippen LogP contribution in [0.2, 0.25) is 0 Å². The van der Waals surface area contributed by atoms with E-state index in [0.29, 0.717) is 9.47 Å². The summed E-state index contributed by atoms with van der Waals surface area (Å²) >= 11 is 0. The molecule has 42 heavy (non-hydrogen) atoms. The van der Waals surface area contributed by atoms with E-state index in [1.165, 1.54) is 0 Å². The molecule has 0 radical (unpaired) electrons. The summed E-state index contributed by atoms with van der Waals surface area (Å²) in [6, 6.07) is -1.09. The van der Waals surface area contributed by atoms with Gasteiger partial charge in [0.05, 0.1) is 13.2 Å². The van der Waals surface area contributed by atoms with E-state index in [-0.39, 0.29) is 0 Å². The fraction of sp³-hybridized carbons (Fsp3) is 0.579. The molecule has 11 atom stereocenters. The second-order valence-electron chi connectivity index (χ2n) is 9.06. The summed E-state index contributed by atoms with van der Waals surface area (Å²) in [5, 5.41) is 50.5. The molecule has 0 bridgehead atoms. The number of nitrogens with one attached hydrogen (secondary N) is 1. The fourth-order valence-corrected chi connectivity index (χ4v) is 6.49. The molecule has 3 aliphatic rings. The van der Waals surface area contributed by atoms with E-state index in [1.54, 1.807) is 0 Å². The van der Waals surface area contributed by atoms with Crippen molar-refractivity contribution in [2.24, 2.45) is 0 Å². The Kier molecular flexibility index (Phi) is 9.48. The van der Waals surface area contributed by atoms with Gasteiger partial charge in [-0.15, -0.1) is 0 Å². The number of aliphatic hydroxyl groups excluding tert-OH is 5. The molecule has 8 N–H and O–H groups in total. The van der Waals surface area contributed by atoms with Crippen LogP contribution < -0.4 is 11.2 Å². The maximum absolute atomic E-state index is 12.6. The minimum Gasteiger partial charge on any atom is -0.394 e. The Balaban J connectivity index is 1.44. The summed E-state index contributed by atoms with van der Waals surface area (Å²) in [4.78, 5) is 69.9. The first-order chi connectivity index (χ1) is 19.5. The number of imide groups is 1. The van der Waals surface area contributed by atoms with E-state index in [0.717, 1.165) is 24.4 Å². The minimum absolute atomic E-state index is 0.315. The molecular weight excluding hydrogens is 620 g/mol. The SMILES string of the molecule is O=C1C=CC(=O)N1[C@H]1[C@@H](OP(=O)(O)OP(=O)(O)OC[C@H]2O[C@@H](n3ccc(=O)[nH]c3=O)[C@H](O)[C@@H]2O)O[C@H](CO)[C@H](O)[C@@H]1O. The average molecular weight is 645 g/mol. The Labute approximate surface area is 232 Å². The molecule has 1 aromatic heterocycles. The van der Waals surface area contributed by atoms with Crippen LogP contribution in [0.4, 0.5) is 0 Å². The van der Waals surface area contributed by atoms with Gasteiger partial charge in [-0.3, -0.25) is 37.9 Å². The lowest BCUT2D eigenvalue weighted by Gasteiger charge is -2.44. The molecule has 2 amide bonds. The van der Waals surface area contributed by atoms with Crippen LogP contribution in [0.25, 0.3) is 0 Å². The highest BCUT2D eigenvalue weighted by Gasteiger charge is 2.54. The van der Waals surface area contributed by atoms with Gasteiger partial charge in [-0.1, -0.05) is 0 Å². The zero-order valence-electron chi connectivity index (χ0n) is 20.8. The van der Waals surface area contributed by atoms with Crippen LogP contribution in [0.15, 0.2) is 34.0 Å². The summed E-state index contributed by atoms with van der Waals surface area (Å²) in [5.74, 6) is -2.08. The highest BCUT2D eigenvalue weighted by atomic mass is 31.3. The largest absolute Gasteiger partial charge is 0.483 e. The maximum Gasteiger partial charge on any atom is 0.483 e. The Morgan fingerprint density at radius 1 is 0.881 bits per heavy atom. The van der Waals surface area contributed by atoms with Crippen molar-refractivity contribution in [3.05, 3.63) is 45.3 Å². The Morgan fingerprint density at radius 3 is 2.10 bits per heavy atom. The molecule has 2 fully saturated rings.